The Morgan fingerprint density at radius 1 is 0.969 bits per heavy atom. The van der Waals surface area contributed by atoms with Gasteiger partial charge in [-0.1, -0.05) is 18.2 Å². The number of halogens is 2. The van der Waals surface area contributed by atoms with Crippen LogP contribution in [-0.2, 0) is 13.7 Å². The number of aliphatic imine (C=N–C) groups is 1. The first-order valence-electron chi connectivity index (χ1n) is 10.3. The molecule has 160 valence electrons. The van der Waals surface area contributed by atoms with Crippen molar-refractivity contribution in [2.75, 3.05) is 0 Å². The normalized spacial score (nSPS) is 15.6. The Morgan fingerprint density at radius 3 is 2.22 bits per heavy atom. The second-order valence-electron chi connectivity index (χ2n) is 7.70. The van der Waals surface area contributed by atoms with Crippen LogP contribution in [0.2, 0.25) is 0 Å². The van der Waals surface area contributed by atoms with E-state index in [1.54, 1.807) is 30.5 Å². The summed E-state index contributed by atoms with van der Waals surface area (Å²) in [6, 6.07) is 12.5. The van der Waals surface area contributed by atoms with Gasteiger partial charge in [0.05, 0.1) is 11.2 Å². The lowest BCUT2D eigenvalue weighted by Crippen LogP contribution is -2.08. The van der Waals surface area contributed by atoms with Crippen molar-refractivity contribution in [1.29, 1.82) is 0 Å². The third kappa shape index (κ3) is 3.40. The number of hydrogen-bond acceptors (Lipinski definition) is 4. The van der Waals surface area contributed by atoms with E-state index >= 15 is 0 Å². The number of rotatable bonds is 4. The van der Waals surface area contributed by atoms with Gasteiger partial charge in [0.15, 0.2) is 5.65 Å². The summed E-state index contributed by atoms with van der Waals surface area (Å²) in [5, 5.41) is 9.82. The van der Waals surface area contributed by atoms with E-state index in [0.717, 1.165) is 27.8 Å². The van der Waals surface area contributed by atoms with Crippen LogP contribution < -0.4 is 0 Å². The van der Waals surface area contributed by atoms with E-state index in [0.29, 0.717) is 23.6 Å². The van der Waals surface area contributed by atoms with Crippen LogP contribution >= 0.6 is 0 Å². The molecule has 0 saturated heterocycles. The van der Waals surface area contributed by atoms with Gasteiger partial charge >= 0.3 is 0 Å². The zero-order chi connectivity index (χ0) is 22.2. The average molecular weight is 430 g/mol. The molecule has 5 rings (SSSR count). The van der Waals surface area contributed by atoms with Crippen LogP contribution in [0.15, 0.2) is 65.8 Å². The highest BCUT2D eigenvalue weighted by molar-refractivity contribution is 5.97. The molecule has 2 aromatic carbocycles. The molecule has 0 unspecified atom stereocenters. The molecule has 7 heteroatoms. The Morgan fingerprint density at radius 2 is 1.62 bits per heavy atom. The van der Waals surface area contributed by atoms with Crippen molar-refractivity contribution in [2.45, 2.75) is 18.9 Å². The van der Waals surface area contributed by atoms with E-state index in [1.165, 1.54) is 24.3 Å². The lowest BCUT2D eigenvalue weighted by molar-refractivity contribution is 0.268. The summed E-state index contributed by atoms with van der Waals surface area (Å²) < 4.78 is 29.3. The van der Waals surface area contributed by atoms with Crippen LogP contribution in [-0.4, -0.2) is 25.9 Å². The van der Waals surface area contributed by atoms with Gasteiger partial charge in [-0.15, -0.1) is 0 Å². The van der Waals surface area contributed by atoms with Crippen LogP contribution in [0.1, 0.15) is 23.7 Å². The van der Waals surface area contributed by atoms with Gasteiger partial charge in [0, 0.05) is 36.5 Å². The maximum absolute atomic E-state index is 13.8. The third-order valence-electron chi connectivity index (χ3n) is 5.78. The van der Waals surface area contributed by atoms with Crippen molar-refractivity contribution >= 4 is 17.4 Å². The molecule has 3 heterocycles. The van der Waals surface area contributed by atoms with Gasteiger partial charge in [0.1, 0.15) is 24.1 Å². The summed E-state index contributed by atoms with van der Waals surface area (Å²) in [5.41, 5.74) is 5.22. The van der Waals surface area contributed by atoms with E-state index in [9.17, 15) is 13.9 Å². The van der Waals surface area contributed by atoms with E-state index in [-0.39, 0.29) is 24.2 Å². The molecular formula is C25H20F2N4O. The van der Waals surface area contributed by atoms with Crippen molar-refractivity contribution in [2.24, 2.45) is 12.0 Å². The fraction of sp³-hybridized carbons (Fsp3) is 0.160. The highest BCUT2D eigenvalue weighted by Crippen LogP contribution is 2.43. The lowest BCUT2D eigenvalue weighted by atomic mass is 9.84. The van der Waals surface area contributed by atoms with Gasteiger partial charge in [0.25, 0.3) is 0 Å². The minimum Gasteiger partial charge on any atom is -0.388 e. The predicted molar refractivity (Wildman–Crippen MR) is 120 cm³/mol. The molecule has 0 spiro atoms. The molecule has 0 fully saturated rings. The van der Waals surface area contributed by atoms with Crippen LogP contribution in [0, 0.1) is 11.6 Å². The number of pyridine rings is 1. The van der Waals surface area contributed by atoms with Crippen LogP contribution in [0.5, 0.6) is 0 Å². The van der Waals surface area contributed by atoms with E-state index < -0.39 is 0 Å². The van der Waals surface area contributed by atoms with Crippen molar-refractivity contribution in [3.8, 4) is 22.4 Å². The van der Waals surface area contributed by atoms with Gasteiger partial charge in [-0.05, 0) is 53.9 Å². The van der Waals surface area contributed by atoms with Gasteiger partial charge < -0.3 is 9.67 Å². The van der Waals surface area contributed by atoms with Gasteiger partial charge in [-0.25, -0.2) is 18.7 Å². The Hall–Kier alpha value is -3.71. The van der Waals surface area contributed by atoms with Gasteiger partial charge in [-0.2, -0.15) is 0 Å². The van der Waals surface area contributed by atoms with Gasteiger partial charge in [-0.3, -0.25) is 4.99 Å². The summed E-state index contributed by atoms with van der Waals surface area (Å²) in [6.45, 7) is -0.243. The Balaban J connectivity index is 1.92. The summed E-state index contributed by atoms with van der Waals surface area (Å²) in [7, 11) is 1.83. The molecule has 0 radical (unpaired) electrons. The highest BCUT2D eigenvalue weighted by Gasteiger charge is 2.26. The highest BCUT2D eigenvalue weighted by atomic mass is 19.1. The fourth-order valence-corrected chi connectivity index (χ4v) is 4.22. The SMILES string of the molecule is Cn1c(CO)nc2nc(-c3ccc(F)cc3)c([C@H]3C=CN=CC3)c(-c3ccc(F)cc3)c21. The van der Waals surface area contributed by atoms with Gasteiger partial charge in [0.2, 0.25) is 0 Å². The van der Waals surface area contributed by atoms with Crippen molar-refractivity contribution < 1.29 is 13.9 Å². The number of nitrogens with zero attached hydrogens (tertiary/aromatic N) is 4. The standard InChI is InChI=1S/C25H20F2N4O/c1-31-20(14-32)29-25-24(31)22(15-2-6-18(26)7-3-15)21(16-10-12-28-13-11-16)23(30-25)17-4-8-19(27)9-5-17/h2-10,12-13,16,32H,11,14H2,1H3/t16-/m0/s1. The number of aryl methyl sites for hydroxylation is 1. The zero-order valence-electron chi connectivity index (χ0n) is 17.3. The second-order valence-corrected chi connectivity index (χ2v) is 7.70. The van der Waals surface area contributed by atoms with E-state index in [2.05, 4.69) is 9.98 Å². The first-order valence-corrected chi connectivity index (χ1v) is 10.3. The molecular weight excluding hydrogens is 410 g/mol. The Kier molecular flexibility index (Phi) is 5.11. The Labute approximate surface area is 183 Å². The number of allylic oxidation sites excluding steroid dienone is 1. The van der Waals surface area contributed by atoms with E-state index in [1.807, 2.05) is 23.9 Å². The molecule has 0 saturated carbocycles. The first kappa shape index (κ1) is 20.2. The number of aliphatic hydroxyl groups excluding tert-OH is 1. The molecule has 0 bridgehead atoms. The quantitative estimate of drug-likeness (QED) is 0.487. The molecule has 2 aromatic heterocycles. The molecule has 32 heavy (non-hydrogen) atoms. The third-order valence-corrected chi connectivity index (χ3v) is 5.78. The zero-order valence-corrected chi connectivity index (χ0v) is 17.3. The molecule has 5 nitrogen and oxygen atoms in total. The average Bonchev–Trinajstić information content (AvgIpc) is 3.15. The smallest absolute Gasteiger partial charge is 0.179 e. The molecule has 1 atom stereocenters. The number of hydrogen-bond donors (Lipinski definition) is 1. The number of imidazole rings is 1. The maximum Gasteiger partial charge on any atom is 0.179 e. The monoisotopic (exact) mass is 430 g/mol. The number of benzene rings is 2. The first-order chi connectivity index (χ1) is 15.6. The fourth-order valence-electron chi connectivity index (χ4n) is 4.22. The molecule has 0 amide bonds. The number of aromatic nitrogens is 3. The minimum absolute atomic E-state index is 0.0445. The van der Waals surface area contributed by atoms with Crippen molar-refractivity contribution in [3.05, 3.63) is 83.8 Å². The predicted octanol–water partition coefficient (Wildman–Crippen LogP) is 5.14. The Bertz CT molecular complexity index is 1360. The topological polar surface area (TPSA) is 63.3 Å². The molecule has 4 aromatic rings. The molecule has 1 aliphatic heterocycles. The maximum atomic E-state index is 13.8. The minimum atomic E-state index is -0.333. The summed E-state index contributed by atoms with van der Waals surface area (Å²) >= 11 is 0. The largest absolute Gasteiger partial charge is 0.388 e. The second kappa shape index (κ2) is 8.09. The molecule has 1 N–H and O–H groups in total. The summed E-state index contributed by atoms with van der Waals surface area (Å²) in [4.78, 5) is 13.6. The number of fused-ring (bicyclic) bond motifs is 1. The summed E-state index contributed by atoms with van der Waals surface area (Å²) in [6.07, 6.45) is 6.27. The number of aliphatic hydroxyl groups is 1. The summed E-state index contributed by atoms with van der Waals surface area (Å²) in [5.74, 6) is -0.235. The molecule has 0 aliphatic carbocycles. The van der Waals surface area contributed by atoms with Crippen LogP contribution in [0.4, 0.5) is 8.78 Å². The van der Waals surface area contributed by atoms with Crippen LogP contribution in [0.3, 0.4) is 0 Å². The van der Waals surface area contributed by atoms with Crippen LogP contribution in [0.25, 0.3) is 33.5 Å². The van der Waals surface area contributed by atoms with E-state index in [4.69, 9.17) is 4.98 Å². The van der Waals surface area contributed by atoms with Crippen molar-refractivity contribution in [1.82, 2.24) is 14.5 Å². The lowest BCUT2D eigenvalue weighted by Gasteiger charge is -2.22. The van der Waals surface area contributed by atoms with Crippen molar-refractivity contribution in [3.63, 3.8) is 0 Å². The molecule has 1 aliphatic rings.